The van der Waals surface area contributed by atoms with Crippen LogP contribution in [0.1, 0.15) is 30.5 Å². The van der Waals surface area contributed by atoms with Gasteiger partial charge in [0.1, 0.15) is 0 Å². The fraction of sp³-hybridized carbons (Fsp3) is 0.273. The summed E-state index contributed by atoms with van der Waals surface area (Å²) in [5.41, 5.74) is 10.4. The van der Waals surface area contributed by atoms with E-state index in [-0.39, 0.29) is 0 Å². The second-order valence-corrected chi connectivity index (χ2v) is 5.38. The minimum atomic E-state index is 0.609. The molecule has 0 aliphatic rings. The maximum absolute atomic E-state index is 5.18. The summed E-state index contributed by atoms with van der Waals surface area (Å²) < 4.78 is 0. The molecule has 0 heterocycles. The van der Waals surface area contributed by atoms with E-state index in [0.29, 0.717) is 6.54 Å². The van der Waals surface area contributed by atoms with Gasteiger partial charge in [0.25, 0.3) is 0 Å². The standard InChI is InChI=1S/2C8H10.C6H11N/c1-7-3-5-8(2)6-4-7;1-2-8-6-4-3-5-7-8;1-3-6(2)4-5-7/h3-6H,1-2H3;3-7H,2H2,1H3;3-4H,1,5,7H2,2H3/b;;6-4-. The highest BCUT2D eigenvalue weighted by molar-refractivity contribution is 5.19. The van der Waals surface area contributed by atoms with Gasteiger partial charge in [-0.2, -0.15) is 0 Å². The zero-order valence-electron chi connectivity index (χ0n) is 15.0. The Morgan fingerprint density at radius 1 is 0.957 bits per heavy atom. The lowest BCUT2D eigenvalue weighted by molar-refractivity contribution is 1.14. The van der Waals surface area contributed by atoms with E-state index in [1.165, 1.54) is 16.7 Å². The number of hydrogen-bond acceptors (Lipinski definition) is 1. The van der Waals surface area contributed by atoms with Gasteiger partial charge in [-0.1, -0.05) is 97.0 Å². The lowest BCUT2D eigenvalue weighted by Gasteiger charge is -1.90. The monoisotopic (exact) mass is 309 g/mol. The molecule has 2 aromatic carbocycles. The first-order valence-electron chi connectivity index (χ1n) is 8.09. The quantitative estimate of drug-likeness (QED) is 0.731. The van der Waals surface area contributed by atoms with E-state index < -0.39 is 0 Å². The largest absolute Gasteiger partial charge is 0.327 e. The number of nitrogens with two attached hydrogens (primary N) is 1. The van der Waals surface area contributed by atoms with Crippen LogP contribution in [0.15, 0.2) is 78.9 Å². The molecule has 23 heavy (non-hydrogen) atoms. The first kappa shape index (κ1) is 20.9. The van der Waals surface area contributed by atoms with Crippen molar-refractivity contribution >= 4 is 0 Å². The van der Waals surface area contributed by atoms with Crippen LogP contribution < -0.4 is 5.73 Å². The summed E-state index contributed by atoms with van der Waals surface area (Å²) in [5.74, 6) is 0. The minimum absolute atomic E-state index is 0.609. The van der Waals surface area contributed by atoms with Gasteiger partial charge in [0.05, 0.1) is 0 Å². The van der Waals surface area contributed by atoms with Gasteiger partial charge >= 0.3 is 0 Å². The van der Waals surface area contributed by atoms with Gasteiger partial charge in [0, 0.05) is 6.54 Å². The van der Waals surface area contributed by atoms with Crippen molar-refractivity contribution in [1.29, 1.82) is 0 Å². The highest BCUT2D eigenvalue weighted by Crippen LogP contribution is 1.99. The minimum Gasteiger partial charge on any atom is -0.327 e. The number of rotatable bonds is 3. The van der Waals surface area contributed by atoms with Gasteiger partial charge in [-0.25, -0.2) is 0 Å². The summed E-state index contributed by atoms with van der Waals surface area (Å²) in [6.45, 7) is 12.5. The Balaban J connectivity index is 0.000000317. The number of aryl methyl sites for hydroxylation is 3. The SMILES string of the molecule is C=C/C(C)=C\CN.CCc1ccccc1.Cc1ccc(C)cc1. The Bertz CT molecular complexity index is 529. The number of hydrogen-bond donors (Lipinski definition) is 1. The Kier molecular flexibility index (Phi) is 12.3. The van der Waals surface area contributed by atoms with E-state index in [0.717, 1.165) is 12.0 Å². The first-order valence-corrected chi connectivity index (χ1v) is 8.09. The molecule has 0 saturated carbocycles. The van der Waals surface area contributed by atoms with Crippen molar-refractivity contribution in [3.8, 4) is 0 Å². The topological polar surface area (TPSA) is 26.0 Å². The molecule has 0 amide bonds. The summed E-state index contributed by atoms with van der Waals surface area (Å²) in [6.07, 6.45) is 4.85. The molecule has 0 aliphatic heterocycles. The number of allylic oxidation sites excluding steroid dienone is 2. The van der Waals surface area contributed by atoms with Crippen LogP contribution in [0.25, 0.3) is 0 Å². The fourth-order valence-corrected chi connectivity index (χ4v) is 1.62. The average molecular weight is 309 g/mol. The summed E-state index contributed by atoms with van der Waals surface area (Å²) in [4.78, 5) is 0. The maximum atomic E-state index is 5.18. The van der Waals surface area contributed by atoms with Crippen molar-refractivity contribution in [2.24, 2.45) is 5.73 Å². The van der Waals surface area contributed by atoms with Gasteiger partial charge in [0.15, 0.2) is 0 Å². The Morgan fingerprint density at radius 2 is 1.43 bits per heavy atom. The highest BCUT2D eigenvalue weighted by atomic mass is 14.5. The lowest BCUT2D eigenvalue weighted by atomic mass is 10.2. The molecule has 1 nitrogen and oxygen atoms in total. The molecule has 0 atom stereocenters. The summed E-state index contributed by atoms with van der Waals surface area (Å²) in [5, 5.41) is 0. The van der Waals surface area contributed by atoms with E-state index in [9.17, 15) is 0 Å². The average Bonchev–Trinajstić information content (AvgIpc) is 2.59. The third-order valence-corrected chi connectivity index (χ3v) is 3.23. The molecule has 0 unspecified atom stereocenters. The van der Waals surface area contributed by atoms with Crippen molar-refractivity contribution in [3.05, 3.63) is 95.6 Å². The molecule has 1 heteroatoms. The summed E-state index contributed by atoms with van der Waals surface area (Å²) in [6, 6.07) is 18.9. The van der Waals surface area contributed by atoms with Crippen LogP contribution in [0.5, 0.6) is 0 Å². The van der Waals surface area contributed by atoms with Crippen LogP contribution in [0.4, 0.5) is 0 Å². The van der Waals surface area contributed by atoms with Crippen LogP contribution in [-0.4, -0.2) is 6.54 Å². The van der Waals surface area contributed by atoms with E-state index in [2.05, 4.69) is 75.9 Å². The highest BCUT2D eigenvalue weighted by Gasteiger charge is 1.80. The lowest BCUT2D eigenvalue weighted by Crippen LogP contribution is -1.93. The van der Waals surface area contributed by atoms with Crippen LogP contribution in [-0.2, 0) is 6.42 Å². The van der Waals surface area contributed by atoms with E-state index in [1.54, 1.807) is 6.08 Å². The zero-order chi connectivity index (χ0) is 17.5. The molecule has 0 bridgehead atoms. The first-order chi connectivity index (χ1) is 11.0. The molecule has 124 valence electrons. The van der Waals surface area contributed by atoms with Crippen molar-refractivity contribution in [3.63, 3.8) is 0 Å². The van der Waals surface area contributed by atoms with Gasteiger partial charge in [-0.15, -0.1) is 0 Å². The van der Waals surface area contributed by atoms with E-state index >= 15 is 0 Å². The Labute approximate surface area is 142 Å². The second kappa shape index (κ2) is 13.5. The molecular formula is C22H31N. The maximum Gasteiger partial charge on any atom is 0.0112 e. The molecule has 0 fully saturated rings. The Morgan fingerprint density at radius 3 is 1.70 bits per heavy atom. The molecule has 2 aromatic rings. The predicted octanol–water partition coefficient (Wildman–Crippen LogP) is 5.63. The molecule has 2 N–H and O–H groups in total. The predicted molar refractivity (Wildman–Crippen MR) is 105 cm³/mol. The third-order valence-electron chi connectivity index (χ3n) is 3.23. The van der Waals surface area contributed by atoms with Crippen molar-refractivity contribution in [1.82, 2.24) is 0 Å². The fourth-order valence-electron chi connectivity index (χ4n) is 1.62. The third kappa shape index (κ3) is 12.1. The molecule has 0 aliphatic carbocycles. The summed E-state index contributed by atoms with van der Waals surface area (Å²) >= 11 is 0. The van der Waals surface area contributed by atoms with Crippen molar-refractivity contribution in [2.45, 2.75) is 34.1 Å². The van der Waals surface area contributed by atoms with Gasteiger partial charge < -0.3 is 5.73 Å². The molecule has 0 spiro atoms. The molecule has 2 rings (SSSR count). The normalized spacial score (nSPS) is 9.87. The number of benzene rings is 2. The molecule has 0 saturated heterocycles. The summed E-state index contributed by atoms with van der Waals surface area (Å²) in [7, 11) is 0. The van der Waals surface area contributed by atoms with E-state index in [4.69, 9.17) is 5.73 Å². The molecular weight excluding hydrogens is 278 g/mol. The van der Waals surface area contributed by atoms with E-state index in [1.807, 2.05) is 19.1 Å². The van der Waals surface area contributed by atoms with Gasteiger partial charge in [0.2, 0.25) is 0 Å². The van der Waals surface area contributed by atoms with Gasteiger partial charge in [-0.05, 0) is 32.8 Å². The van der Waals surface area contributed by atoms with Crippen molar-refractivity contribution < 1.29 is 0 Å². The van der Waals surface area contributed by atoms with Gasteiger partial charge in [-0.3, -0.25) is 0 Å². The second-order valence-electron chi connectivity index (χ2n) is 5.38. The smallest absolute Gasteiger partial charge is 0.0112 e. The zero-order valence-corrected chi connectivity index (χ0v) is 15.0. The van der Waals surface area contributed by atoms with Crippen LogP contribution >= 0.6 is 0 Å². The Hall–Kier alpha value is -2.12. The van der Waals surface area contributed by atoms with Crippen LogP contribution in [0, 0.1) is 13.8 Å². The van der Waals surface area contributed by atoms with Crippen molar-refractivity contribution in [2.75, 3.05) is 6.54 Å². The van der Waals surface area contributed by atoms with Crippen LogP contribution in [0.2, 0.25) is 0 Å². The molecule has 0 aromatic heterocycles. The van der Waals surface area contributed by atoms with Crippen LogP contribution in [0.3, 0.4) is 0 Å². The molecule has 0 radical (unpaired) electrons.